The van der Waals surface area contributed by atoms with Gasteiger partial charge in [-0.2, -0.15) is 0 Å². The Morgan fingerprint density at radius 3 is 2.86 bits per heavy atom. The van der Waals surface area contributed by atoms with E-state index in [1.807, 2.05) is 13.0 Å². The molecular formula is C20H18N6O2. The number of aromatic nitrogens is 4. The fourth-order valence-corrected chi connectivity index (χ4v) is 3.15. The van der Waals surface area contributed by atoms with Crippen molar-refractivity contribution >= 4 is 22.6 Å². The maximum atomic E-state index is 12.9. The molecule has 0 atom stereocenters. The van der Waals surface area contributed by atoms with Crippen LogP contribution in [0.5, 0.6) is 0 Å². The highest BCUT2D eigenvalue weighted by Gasteiger charge is 2.16. The van der Waals surface area contributed by atoms with Crippen molar-refractivity contribution in [3.05, 3.63) is 82.0 Å². The first-order valence-corrected chi connectivity index (χ1v) is 8.86. The van der Waals surface area contributed by atoms with Gasteiger partial charge in [-0.1, -0.05) is 12.1 Å². The van der Waals surface area contributed by atoms with E-state index in [0.29, 0.717) is 23.2 Å². The molecule has 0 aliphatic carbocycles. The lowest BCUT2D eigenvalue weighted by atomic mass is 10.2. The molecule has 4 rings (SSSR count). The van der Waals surface area contributed by atoms with E-state index in [9.17, 15) is 9.59 Å². The van der Waals surface area contributed by atoms with Crippen LogP contribution in [-0.2, 0) is 13.1 Å². The number of rotatable bonds is 4. The maximum Gasteiger partial charge on any atom is 0.267 e. The number of fused-ring (bicyclic) bond motifs is 2. The van der Waals surface area contributed by atoms with Crippen molar-refractivity contribution in [2.24, 2.45) is 0 Å². The van der Waals surface area contributed by atoms with E-state index in [4.69, 9.17) is 5.41 Å². The van der Waals surface area contributed by atoms with Crippen molar-refractivity contribution in [3.63, 3.8) is 0 Å². The van der Waals surface area contributed by atoms with Gasteiger partial charge in [0.2, 0.25) is 0 Å². The molecule has 2 N–H and O–H groups in total. The molecule has 4 aromatic rings. The molecule has 1 amide bonds. The normalized spacial score (nSPS) is 11.0. The SMILES string of the molecule is CCn1c(=N)c(C(=O)NCc2cccnc2)cc2c(=O)n3ccccc3nc21. The number of hydrogen-bond acceptors (Lipinski definition) is 5. The first-order valence-electron chi connectivity index (χ1n) is 8.86. The molecule has 8 nitrogen and oxygen atoms in total. The quantitative estimate of drug-likeness (QED) is 0.528. The first kappa shape index (κ1) is 17.6. The van der Waals surface area contributed by atoms with Gasteiger partial charge in [-0.05, 0) is 36.8 Å². The van der Waals surface area contributed by atoms with E-state index in [1.54, 1.807) is 47.4 Å². The zero-order chi connectivity index (χ0) is 19.7. The van der Waals surface area contributed by atoms with Gasteiger partial charge in [0.1, 0.15) is 16.8 Å². The van der Waals surface area contributed by atoms with Crippen LogP contribution in [0.15, 0.2) is 59.8 Å². The Kier molecular flexibility index (Phi) is 4.44. The summed E-state index contributed by atoms with van der Waals surface area (Å²) in [5, 5.41) is 11.5. The number of pyridine rings is 3. The molecule has 0 spiro atoms. The van der Waals surface area contributed by atoms with Gasteiger partial charge in [-0.25, -0.2) is 4.98 Å². The summed E-state index contributed by atoms with van der Waals surface area (Å²) in [6, 6.07) is 10.4. The van der Waals surface area contributed by atoms with Gasteiger partial charge in [0, 0.05) is 31.7 Å². The third-order valence-corrected chi connectivity index (χ3v) is 4.56. The van der Waals surface area contributed by atoms with Crippen molar-refractivity contribution < 1.29 is 4.79 Å². The number of nitrogens with zero attached hydrogens (tertiary/aromatic N) is 4. The van der Waals surface area contributed by atoms with Crippen molar-refractivity contribution in [2.75, 3.05) is 0 Å². The minimum atomic E-state index is -0.421. The Balaban J connectivity index is 1.85. The van der Waals surface area contributed by atoms with E-state index in [1.165, 1.54) is 10.5 Å². The molecule has 0 bridgehead atoms. The molecule has 0 fully saturated rings. The molecule has 0 aliphatic heterocycles. The van der Waals surface area contributed by atoms with Crippen molar-refractivity contribution in [2.45, 2.75) is 20.0 Å². The second-order valence-corrected chi connectivity index (χ2v) is 6.28. The highest BCUT2D eigenvalue weighted by atomic mass is 16.1. The topological polar surface area (TPSA) is 105 Å². The lowest BCUT2D eigenvalue weighted by Crippen LogP contribution is -2.34. The summed E-state index contributed by atoms with van der Waals surface area (Å²) in [4.78, 5) is 34.2. The lowest BCUT2D eigenvalue weighted by Gasteiger charge is -2.13. The van der Waals surface area contributed by atoms with Crippen LogP contribution >= 0.6 is 0 Å². The predicted octanol–water partition coefficient (Wildman–Crippen LogP) is 1.47. The molecule has 0 saturated heterocycles. The Morgan fingerprint density at radius 1 is 1.25 bits per heavy atom. The van der Waals surface area contributed by atoms with Gasteiger partial charge in [-0.3, -0.25) is 24.4 Å². The molecule has 28 heavy (non-hydrogen) atoms. The second kappa shape index (κ2) is 7.07. The summed E-state index contributed by atoms with van der Waals surface area (Å²) in [5.41, 5.74) is 1.62. The molecule has 0 saturated carbocycles. The summed E-state index contributed by atoms with van der Waals surface area (Å²) in [7, 11) is 0. The molecule has 0 aliphatic rings. The van der Waals surface area contributed by atoms with Gasteiger partial charge >= 0.3 is 0 Å². The number of aryl methyl sites for hydroxylation is 1. The number of hydrogen-bond donors (Lipinski definition) is 2. The van der Waals surface area contributed by atoms with E-state index < -0.39 is 5.91 Å². The van der Waals surface area contributed by atoms with Gasteiger partial charge in [0.15, 0.2) is 0 Å². The largest absolute Gasteiger partial charge is 0.348 e. The number of nitrogens with one attached hydrogen (secondary N) is 2. The Morgan fingerprint density at radius 2 is 2.11 bits per heavy atom. The smallest absolute Gasteiger partial charge is 0.267 e. The summed E-state index contributed by atoms with van der Waals surface area (Å²) in [6.07, 6.45) is 4.96. The summed E-state index contributed by atoms with van der Waals surface area (Å²) < 4.78 is 3.01. The highest BCUT2D eigenvalue weighted by Crippen LogP contribution is 2.10. The van der Waals surface area contributed by atoms with E-state index >= 15 is 0 Å². The fraction of sp³-hybridized carbons (Fsp3) is 0.150. The third-order valence-electron chi connectivity index (χ3n) is 4.56. The van der Waals surface area contributed by atoms with Crippen LogP contribution in [0.25, 0.3) is 16.7 Å². The van der Waals surface area contributed by atoms with Crippen LogP contribution in [-0.4, -0.2) is 24.8 Å². The molecular weight excluding hydrogens is 356 g/mol. The molecule has 4 heterocycles. The molecule has 4 aromatic heterocycles. The van der Waals surface area contributed by atoms with Gasteiger partial charge in [0.05, 0.1) is 10.9 Å². The number of carbonyl (C=O) groups excluding carboxylic acids is 1. The average molecular weight is 374 g/mol. The number of amides is 1. The maximum absolute atomic E-state index is 12.9. The minimum Gasteiger partial charge on any atom is -0.348 e. The molecule has 0 aromatic carbocycles. The van der Waals surface area contributed by atoms with Gasteiger partial charge in [-0.15, -0.1) is 0 Å². The van der Waals surface area contributed by atoms with Crippen LogP contribution in [0.2, 0.25) is 0 Å². The molecule has 0 radical (unpaired) electrons. The molecule has 140 valence electrons. The Hall–Kier alpha value is -3.81. The lowest BCUT2D eigenvalue weighted by molar-refractivity contribution is 0.0948. The minimum absolute atomic E-state index is 0.0193. The third kappa shape index (κ3) is 2.94. The standard InChI is InChI=1S/C20H18N6O2/c1-2-25-17(21)14(19(27)23-12-13-6-5-8-22-11-13)10-15-18(25)24-16-7-3-4-9-26(16)20(15)28/h3-11,21H,2,12H2,1H3,(H,23,27). The average Bonchev–Trinajstić information content (AvgIpc) is 2.73. The fourth-order valence-electron chi connectivity index (χ4n) is 3.15. The van der Waals surface area contributed by atoms with E-state index in [-0.39, 0.29) is 23.2 Å². The summed E-state index contributed by atoms with van der Waals surface area (Å²) in [5.74, 6) is -0.421. The van der Waals surface area contributed by atoms with Crippen LogP contribution in [0.1, 0.15) is 22.8 Å². The second-order valence-electron chi connectivity index (χ2n) is 6.28. The van der Waals surface area contributed by atoms with Gasteiger partial charge in [0.25, 0.3) is 11.5 Å². The van der Waals surface area contributed by atoms with Crippen LogP contribution in [0.4, 0.5) is 0 Å². The van der Waals surface area contributed by atoms with Crippen LogP contribution in [0.3, 0.4) is 0 Å². The number of carbonyl (C=O) groups is 1. The van der Waals surface area contributed by atoms with Crippen LogP contribution < -0.4 is 16.4 Å². The van der Waals surface area contributed by atoms with Crippen molar-refractivity contribution in [3.8, 4) is 0 Å². The first-order chi connectivity index (χ1) is 13.6. The summed E-state index contributed by atoms with van der Waals surface area (Å²) in [6.45, 7) is 2.54. The predicted molar refractivity (Wildman–Crippen MR) is 104 cm³/mol. The zero-order valence-corrected chi connectivity index (χ0v) is 15.2. The van der Waals surface area contributed by atoms with E-state index in [2.05, 4.69) is 15.3 Å². The van der Waals surface area contributed by atoms with E-state index in [0.717, 1.165) is 5.56 Å². The molecule has 0 unspecified atom stereocenters. The van der Waals surface area contributed by atoms with Crippen molar-refractivity contribution in [1.82, 2.24) is 24.3 Å². The Labute approximate surface area is 159 Å². The molecule has 8 heteroatoms. The monoisotopic (exact) mass is 374 g/mol. The zero-order valence-electron chi connectivity index (χ0n) is 15.2. The van der Waals surface area contributed by atoms with Crippen molar-refractivity contribution in [1.29, 1.82) is 5.41 Å². The highest BCUT2D eigenvalue weighted by molar-refractivity contribution is 5.96. The summed E-state index contributed by atoms with van der Waals surface area (Å²) >= 11 is 0. The van der Waals surface area contributed by atoms with Gasteiger partial charge < -0.3 is 9.88 Å². The van der Waals surface area contributed by atoms with Crippen LogP contribution in [0, 0.1) is 5.41 Å². The Bertz CT molecular complexity index is 1310.